The maximum Gasteiger partial charge on any atom is 0.193 e. The zero-order valence-electron chi connectivity index (χ0n) is 18.5. The summed E-state index contributed by atoms with van der Waals surface area (Å²) in [6.07, 6.45) is 0. The molecule has 0 saturated heterocycles. The number of hydrogen-bond acceptors (Lipinski definition) is 3. The van der Waals surface area contributed by atoms with Gasteiger partial charge in [-0.1, -0.05) is 99.6 Å². The lowest BCUT2D eigenvalue weighted by Crippen LogP contribution is -2.21. The van der Waals surface area contributed by atoms with Gasteiger partial charge in [-0.05, 0) is 18.1 Å². The Balaban J connectivity index is 0.00000341. The first-order valence-corrected chi connectivity index (χ1v) is 10.3. The quantitative estimate of drug-likeness (QED) is 0.435. The molecular formula is C27H30ClNO2. The van der Waals surface area contributed by atoms with Crippen LogP contribution in [0, 0.1) is 5.41 Å². The number of nitrogens with one attached hydrogen (secondary N) is 1. The van der Waals surface area contributed by atoms with Crippen molar-refractivity contribution in [2.45, 2.75) is 40.3 Å². The number of carbonyl (C=O) groups excluding carboxylic acids is 2. The highest BCUT2D eigenvalue weighted by atomic mass is 35.5. The summed E-state index contributed by atoms with van der Waals surface area (Å²) in [5, 5.41) is 3.50. The average molecular weight is 436 g/mol. The summed E-state index contributed by atoms with van der Waals surface area (Å²) in [4.78, 5) is 24.9. The SMILES string of the molecule is CC(NCc1ccc(C(=O)c2ccccc2)cc1)c1ccc(C(=O)C(C)(C)C)cc1.Cl. The van der Waals surface area contributed by atoms with Crippen molar-refractivity contribution in [3.05, 3.63) is 107 Å². The van der Waals surface area contributed by atoms with Gasteiger partial charge in [0.25, 0.3) is 0 Å². The van der Waals surface area contributed by atoms with Gasteiger partial charge >= 0.3 is 0 Å². The molecule has 3 aromatic carbocycles. The predicted molar refractivity (Wildman–Crippen MR) is 129 cm³/mol. The summed E-state index contributed by atoms with van der Waals surface area (Å²) in [5.41, 5.74) is 4.02. The third kappa shape index (κ3) is 6.36. The largest absolute Gasteiger partial charge is 0.306 e. The zero-order chi connectivity index (χ0) is 21.7. The summed E-state index contributed by atoms with van der Waals surface area (Å²) >= 11 is 0. The Bertz CT molecular complexity index is 1000. The van der Waals surface area contributed by atoms with Gasteiger partial charge in [0.1, 0.15) is 0 Å². The molecule has 0 radical (unpaired) electrons. The first-order chi connectivity index (χ1) is 14.3. The minimum absolute atomic E-state index is 0. The molecule has 1 unspecified atom stereocenters. The van der Waals surface area contributed by atoms with Crippen LogP contribution in [-0.2, 0) is 6.54 Å². The van der Waals surface area contributed by atoms with Crippen molar-refractivity contribution in [3.8, 4) is 0 Å². The van der Waals surface area contributed by atoms with E-state index in [-0.39, 0.29) is 35.4 Å². The van der Waals surface area contributed by atoms with Crippen molar-refractivity contribution in [2.24, 2.45) is 5.41 Å². The van der Waals surface area contributed by atoms with Gasteiger partial charge < -0.3 is 5.32 Å². The number of rotatable bonds is 7. The Morgan fingerprint density at radius 1 is 0.774 bits per heavy atom. The zero-order valence-corrected chi connectivity index (χ0v) is 19.3. The van der Waals surface area contributed by atoms with Gasteiger partial charge in [0, 0.05) is 34.7 Å². The van der Waals surface area contributed by atoms with E-state index in [1.807, 2.05) is 99.6 Å². The van der Waals surface area contributed by atoms with E-state index in [9.17, 15) is 9.59 Å². The molecule has 0 saturated carbocycles. The fraction of sp³-hybridized carbons (Fsp3) is 0.259. The number of carbonyl (C=O) groups is 2. The molecule has 0 aliphatic rings. The average Bonchev–Trinajstić information content (AvgIpc) is 2.77. The van der Waals surface area contributed by atoms with Crippen LogP contribution in [0.3, 0.4) is 0 Å². The smallest absolute Gasteiger partial charge is 0.193 e. The van der Waals surface area contributed by atoms with Crippen LogP contribution in [-0.4, -0.2) is 11.6 Å². The summed E-state index contributed by atoms with van der Waals surface area (Å²) in [6, 6.07) is 25.0. The molecule has 0 heterocycles. The van der Waals surface area contributed by atoms with Crippen LogP contribution in [0.1, 0.15) is 71.1 Å². The predicted octanol–water partition coefficient (Wildman–Crippen LogP) is 6.42. The summed E-state index contributed by atoms with van der Waals surface area (Å²) in [5.74, 6) is 0.188. The molecular weight excluding hydrogens is 406 g/mol. The number of Topliss-reactive ketones (excluding diaryl/α,β-unsaturated/α-hetero) is 1. The number of benzene rings is 3. The van der Waals surface area contributed by atoms with E-state index in [4.69, 9.17) is 0 Å². The van der Waals surface area contributed by atoms with Crippen molar-refractivity contribution < 1.29 is 9.59 Å². The van der Waals surface area contributed by atoms with Crippen LogP contribution >= 0.6 is 12.4 Å². The maximum atomic E-state index is 12.5. The van der Waals surface area contributed by atoms with E-state index in [0.29, 0.717) is 17.7 Å². The van der Waals surface area contributed by atoms with Crippen LogP contribution in [0.15, 0.2) is 78.9 Å². The molecule has 0 amide bonds. The lowest BCUT2D eigenvalue weighted by Gasteiger charge is -2.18. The van der Waals surface area contributed by atoms with Crippen molar-refractivity contribution in [1.82, 2.24) is 5.32 Å². The molecule has 162 valence electrons. The Hall–Kier alpha value is -2.75. The van der Waals surface area contributed by atoms with Crippen LogP contribution in [0.5, 0.6) is 0 Å². The number of halogens is 1. The molecule has 31 heavy (non-hydrogen) atoms. The summed E-state index contributed by atoms with van der Waals surface area (Å²) in [7, 11) is 0. The second-order valence-corrected chi connectivity index (χ2v) is 8.70. The van der Waals surface area contributed by atoms with Crippen LogP contribution in [0.25, 0.3) is 0 Å². The van der Waals surface area contributed by atoms with Crippen molar-refractivity contribution in [3.63, 3.8) is 0 Å². The van der Waals surface area contributed by atoms with Gasteiger partial charge in [-0.2, -0.15) is 0 Å². The van der Waals surface area contributed by atoms with Crippen LogP contribution in [0.2, 0.25) is 0 Å². The third-order valence-corrected chi connectivity index (χ3v) is 5.22. The van der Waals surface area contributed by atoms with E-state index < -0.39 is 0 Å². The fourth-order valence-electron chi connectivity index (χ4n) is 3.28. The highest BCUT2D eigenvalue weighted by molar-refractivity contribution is 6.08. The molecule has 0 aromatic heterocycles. The summed E-state index contributed by atoms with van der Waals surface area (Å²) in [6.45, 7) is 8.61. The molecule has 0 bridgehead atoms. The topological polar surface area (TPSA) is 46.2 Å². The van der Waals surface area contributed by atoms with Crippen LogP contribution < -0.4 is 5.32 Å². The molecule has 0 fully saturated rings. The van der Waals surface area contributed by atoms with E-state index in [1.165, 1.54) is 0 Å². The normalized spacial score (nSPS) is 12.0. The van der Waals surface area contributed by atoms with E-state index in [2.05, 4.69) is 12.2 Å². The van der Waals surface area contributed by atoms with Gasteiger partial charge in [-0.15, -0.1) is 12.4 Å². The lowest BCUT2D eigenvalue weighted by molar-refractivity contribution is 0.0858. The molecule has 0 aliphatic heterocycles. The third-order valence-electron chi connectivity index (χ3n) is 5.22. The maximum absolute atomic E-state index is 12.5. The number of ketones is 2. The molecule has 4 heteroatoms. The monoisotopic (exact) mass is 435 g/mol. The minimum Gasteiger partial charge on any atom is -0.306 e. The number of hydrogen-bond donors (Lipinski definition) is 1. The fourth-order valence-corrected chi connectivity index (χ4v) is 3.28. The second kappa shape index (κ2) is 10.5. The van der Waals surface area contributed by atoms with Crippen LogP contribution in [0.4, 0.5) is 0 Å². The standard InChI is InChI=1S/C27H29NO2.ClH/c1-19(21-14-16-24(17-15-21)26(30)27(2,3)4)28-18-20-10-12-23(13-11-20)25(29)22-8-6-5-7-9-22;/h5-17,19,28H,18H2,1-4H3;1H. The molecule has 3 nitrogen and oxygen atoms in total. The van der Waals surface area contributed by atoms with Crippen molar-refractivity contribution in [2.75, 3.05) is 0 Å². The Kier molecular flexibility index (Phi) is 8.32. The highest BCUT2D eigenvalue weighted by Crippen LogP contribution is 2.22. The van der Waals surface area contributed by atoms with E-state index in [0.717, 1.165) is 16.7 Å². The molecule has 0 aliphatic carbocycles. The first kappa shape index (κ1) is 24.5. The van der Waals surface area contributed by atoms with Crippen molar-refractivity contribution in [1.29, 1.82) is 0 Å². The highest BCUT2D eigenvalue weighted by Gasteiger charge is 2.22. The minimum atomic E-state index is -0.376. The molecule has 1 atom stereocenters. The van der Waals surface area contributed by atoms with Crippen molar-refractivity contribution >= 4 is 24.0 Å². The lowest BCUT2D eigenvalue weighted by atomic mass is 9.86. The Morgan fingerprint density at radius 2 is 1.29 bits per heavy atom. The van der Waals surface area contributed by atoms with E-state index in [1.54, 1.807) is 0 Å². The molecule has 3 aromatic rings. The summed E-state index contributed by atoms with van der Waals surface area (Å²) < 4.78 is 0. The Labute approximate surface area is 191 Å². The first-order valence-electron chi connectivity index (χ1n) is 10.3. The van der Waals surface area contributed by atoms with Gasteiger partial charge in [0.15, 0.2) is 11.6 Å². The van der Waals surface area contributed by atoms with E-state index >= 15 is 0 Å². The molecule has 3 rings (SSSR count). The molecule has 0 spiro atoms. The second-order valence-electron chi connectivity index (χ2n) is 8.70. The Morgan fingerprint density at radius 3 is 1.84 bits per heavy atom. The van der Waals surface area contributed by atoms with Gasteiger partial charge in [-0.25, -0.2) is 0 Å². The van der Waals surface area contributed by atoms with Gasteiger partial charge in [-0.3, -0.25) is 9.59 Å². The van der Waals surface area contributed by atoms with Gasteiger partial charge in [0.2, 0.25) is 0 Å². The van der Waals surface area contributed by atoms with Gasteiger partial charge in [0.05, 0.1) is 0 Å². The molecule has 1 N–H and O–H groups in total.